The summed E-state index contributed by atoms with van der Waals surface area (Å²) in [4.78, 5) is 0. The van der Waals surface area contributed by atoms with Crippen molar-refractivity contribution in [3.05, 3.63) is 40.1 Å². The van der Waals surface area contributed by atoms with Gasteiger partial charge in [-0.3, -0.25) is 4.68 Å². The number of hydrogen-bond acceptors (Lipinski definition) is 3. The lowest BCUT2D eigenvalue weighted by Gasteiger charge is -2.03. The van der Waals surface area contributed by atoms with E-state index in [-0.39, 0.29) is 0 Å². The monoisotopic (exact) mass is 273 g/mol. The Labute approximate surface area is 120 Å². The molecule has 0 aromatic carbocycles. The Kier molecular flexibility index (Phi) is 3.42. The van der Waals surface area contributed by atoms with E-state index in [2.05, 4.69) is 41.9 Å². The van der Waals surface area contributed by atoms with Crippen LogP contribution < -0.4 is 5.32 Å². The van der Waals surface area contributed by atoms with Crippen LogP contribution in [0.4, 0.5) is 0 Å². The second-order valence-corrected chi connectivity index (χ2v) is 5.90. The van der Waals surface area contributed by atoms with Gasteiger partial charge in [0.2, 0.25) is 0 Å². The minimum Gasteiger partial charge on any atom is -0.465 e. The summed E-state index contributed by atoms with van der Waals surface area (Å²) in [6.07, 6.45) is 2.61. The van der Waals surface area contributed by atoms with Crippen LogP contribution in [0.5, 0.6) is 0 Å². The first-order chi connectivity index (χ1) is 9.54. The van der Waals surface area contributed by atoms with Gasteiger partial charge in [0.05, 0.1) is 18.8 Å². The molecule has 4 nitrogen and oxygen atoms in total. The summed E-state index contributed by atoms with van der Waals surface area (Å²) in [5, 5.41) is 8.08. The largest absolute Gasteiger partial charge is 0.465 e. The molecular weight excluding hydrogens is 250 g/mol. The fourth-order valence-corrected chi connectivity index (χ4v) is 2.47. The maximum atomic E-state index is 5.84. The molecule has 0 bridgehead atoms. The van der Waals surface area contributed by atoms with Gasteiger partial charge in [-0.25, -0.2) is 0 Å². The van der Waals surface area contributed by atoms with Crippen LogP contribution in [0.15, 0.2) is 10.5 Å². The molecule has 0 amide bonds. The molecule has 1 fully saturated rings. The van der Waals surface area contributed by atoms with Crippen LogP contribution in [0.1, 0.15) is 46.9 Å². The van der Waals surface area contributed by atoms with Gasteiger partial charge < -0.3 is 9.73 Å². The van der Waals surface area contributed by atoms with Crippen LogP contribution in [0.25, 0.3) is 0 Å². The molecule has 0 atom stereocenters. The molecule has 1 N–H and O–H groups in total. The predicted octanol–water partition coefficient (Wildman–Crippen LogP) is 3.01. The van der Waals surface area contributed by atoms with E-state index in [1.54, 1.807) is 0 Å². The van der Waals surface area contributed by atoms with E-state index in [4.69, 9.17) is 4.42 Å². The zero-order valence-electron chi connectivity index (χ0n) is 12.8. The Morgan fingerprint density at radius 3 is 2.65 bits per heavy atom. The molecule has 0 spiro atoms. The Hall–Kier alpha value is -1.55. The minimum atomic E-state index is 0.711. The van der Waals surface area contributed by atoms with Crippen molar-refractivity contribution in [2.75, 3.05) is 0 Å². The van der Waals surface area contributed by atoms with Crippen molar-refractivity contribution in [1.82, 2.24) is 15.1 Å². The average Bonchev–Trinajstić information content (AvgIpc) is 3.14. The summed E-state index contributed by atoms with van der Waals surface area (Å²) >= 11 is 0. The fourth-order valence-electron chi connectivity index (χ4n) is 2.47. The Balaban J connectivity index is 1.74. The first-order valence-corrected chi connectivity index (χ1v) is 7.36. The summed E-state index contributed by atoms with van der Waals surface area (Å²) in [6, 6.07) is 2.87. The number of nitrogens with zero attached hydrogens (tertiary/aromatic N) is 2. The highest BCUT2D eigenvalue weighted by molar-refractivity contribution is 5.26. The smallest absolute Gasteiger partial charge is 0.118 e. The zero-order valence-corrected chi connectivity index (χ0v) is 12.8. The molecule has 2 aromatic rings. The highest BCUT2D eigenvalue weighted by atomic mass is 16.3. The Bertz CT molecular complexity index is 620. The second kappa shape index (κ2) is 5.09. The lowest BCUT2D eigenvalue weighted by atomic mass is 10.2. The molecule has 2 aromatic heterocycles. The third-order valence-corrected chi connectivity index (χ3v) is 4.28. The van der Waals surface area contributed by atoms with Crippen molar-refractivity contribution < 1.29 is 4.42 Å². The summed E-state index contributed by atoms with van der Waals surface area (Å²) < 4.78 is 7.91. The van der Waals surface area contributed by atoms with Crippen molar-refractivity contribution in [2.24, 2.45) is 0 Å². The maximum absolute atomic E-state index is 5.84. The summed E-state index contributed by atoms with van der Waals surface area (Å²) in [5.74, 6) is 2.03. The normalized spacial score (nSPS) is 15.0. The molecule has 0 saturated heterocycles. The van der Waals surface area contributed by atoms with Gasteiger partial charge >= 0.3 is 0 Å². The molecule has 108 valence electrons. The van der Waals surface area contributed by atoms with E-state index in [1.807, 2.05) is 6.92 Å². The lowest BCUT2D eigenvalue weighted by molar-refractivity contribution is 0.457. The zero-order chi connectivity index (χ0) is 14.3. The van der Waals surface area contributed by atoms with Gasteiger partial charge in [0.15, 0.2) is 0 Å². The van der Waals surface area contributed by atoms with Gasteiger partial charge in [0.1, 0.15) is 11.5 Å². The third-order valence-electron chi connectivity index (χ3n) is 4.28. The fraction of sp³-hybridized carbons (Fsp3) is 0.562. The van der Waals surface area contributed by atoms with Gasteiger partial charge in [-0.2, -0.15) is 5.10 Å². The van der Waals surface area contributed by atoms with Crippen LogP contribution in [0, 0.1) is 27.7 Å². The Morgan fingerprint density at radius 1 is 1.30 bits per heavy atom. The van der Waals surface area contributed by atoms with Crippen molar-refractivity contribution in [3.63, 3.8) is 0 Å². The van der Waals surface area contributed by atoms with Gasteiger partial charge in [0.25, 0.3) is 0 Å². The van der Waals surface area contributed by atoms with E-state index >= 15 is 0 Å². The van der Waals surface area contributed by atoms with E-state index in [9.17, 15) is 0 Å². The number of furan rings is 1. The van der Waals surface area contributed by atoms with Crippen LogP contribution in [-0.2, 0) is 13.1 Å². The molecule has 3 rings (SSSR count). The van der Waals surface area contributed by atoms with Gasteiger partial charge in [-0.05, 0) is 52.2 Å². The third kappa shape index (κ3) is 2.66. The summed E-state index contributed by atoms with van der Waals surface area (Å²) in [5.41, 5.74) is 4.85. The average molecular weight is 273 g/mol. The number of hydrogen-bond donors (Lipinski definition) is 1. The second-order valence-electron chi connectivity index (χ2n) is 5.90. The topological polar surface area (TPSA) is 43.0 Å². The van der Waals surface area contributed by atoms with E-state index in [1.165, 1.54) is 29.7 Å². The van der Waals surface area contributed by atoms with Crippen molar-refractivity contribution >= 4 is 0 Å². The highest BCUT2D eigenvalue weighted by Gasteiger charge is 2.21. The molecule has 1 aliphatic carbocycles. The van der Waals surface area contributed by atoms with Crippen LogP contribution >= 0.6 is 0 Å². The number of aromatic nitrogens is 2. The number of nitrogens with one attached hydrogen (secondary N) is 1. The lowest BCUT2D eigenvalue weighted by Crippen LogP contribution is -2.14. The maximum Gasteiger partial charge on any atom is 0.118 e. The first-order valence-electron chi connectivity index (χ1n) is 7.36. The van der Waals surface area contributed by atoms with Crippen molar-refractivity contribution in [2.45, 2.75) is 59.7 Å². The van der Waals surface area contributed by atoms with E-state index in [0.717, 1.165) is 30.3 Å². The minimum absolute atomic E-state index is 0.711. The standard InChI is InChI=1S/C16H23N3O/c1-10-11(2)18-19(12(10)3)9-14-7-16(20-13(14)4)8-17-15-5-6-15/h7,15,17H,5-6,8-9H2,1-4H3. The van der Waals surface area contributed by atoms with Crippen LogP contribution in [-0.4, -0.2) is 15.8 Å². The van der Waals surface area contributed by atoms with Crippen molar-refractivity contribution in [1.29, 1.82) is 0 Å². The molecule has 4 heteroatoms. The summed E-state index contributed by atoms with van der Waals surface area (Å²) in [6.45, 7) is 9.98. The first kappa shape index (κ1) is 13.4. The quantitative estimate of drug-likeness (QED) is 0.910. The molecule has 0 unspecified atom stereocenters. The van der Waals surface area contributed by atoms with Gasteiger partial charge in [-0.1, -0.05) is 0 Å². The molecule has 1 saturated carbocycles. The molecule has 1 aliphatic rings. The Morgan fingerprint density at radius 2 is 2.05 bits per heavy atom. The van der Waals surface area contributed by atoms with Gasteiger partial charge in [-0.15, -0.1) is 0 Å². The van der Waals surface area contributed by atoms with E-state index < -0.39 is 0 Å². The van der Waals surface area contributed by atoms with E-state index in [0.29, 0.717) is 6.04 Å². The molecule has 0 radical (unpaired) electrons. The van der Waals surface area contributed by atoms with Crippen LogP contribution in [0.3, 0.4) is 0 Å². The SMILES string of the molecule is Cc1nn(Cc2cc(CNC3CC3)oc2C)c(C)c1C. The molecular formula is C16H23N3O. The number of rotatable bonds is 5. The number of aryl methyl sites for hydroxylation is 2. The van der Waals surface area contributed by atoms with Crippen molar-refractivity contribution in [3.8, 4) is 0 Å². The summed E-state index contributed by atoms with van der Waals surface area (Å²) in [7, 11) is 0. The van der Waals surface area contributed by atoms with Gasteiger partial charge in [0, 0.05) is 17.3 Å². The highest BCUT2D eigenvalue weighted by Crippen LogP contribution is 2.22. The van der Waals surface area contributed by atoms with Crippen LogP contribution in [0.2, 0.25) is 0 Å². The molecule has 20 heavy (non-hydrogen) atoms. The predicted molar refractivity (Wildman–Crippen MR) is 78.8 cm³/mol. The molecule has 0 aliphatic heterocycles. The molecule has 2 heterocycles.